The Morgan fingerprint density at radius 1 is 0.818 bits per heavy atom. The van der Waals surface area contributed by atoms with E-state index in [2.05, 4.69) is 52.9 Å². The number of benzene rings is 2. The highest BCUT2D eigenvalue weighted by molar-refractivity contribution is 5.79. The lowest BCUT2D eigenvalue weighted by atomic mass is 10.2. The molecule has 0 spiro atoms. The van der Waals surface area contributed by atoms with Crippen LogP contribution < -0.4 is 0 Å². The van der Waals surface area contributed by atoms with E-state index in [1.807, 2.05) is 36.5 Å². The Labute approximate surface area is 128 Å². The van der Waals surface area contributed by atoms with E-state index in [-0.39, 0.29) is 0 Å². The second-order valence-electron chi connectivity index (χ2n) is 5.32. The molecule has 106 valence electrons. The molecule has 0 aliphatic carbocycles. The smallest absolute Gasteiger partial charge is 0.164 e. The second kappa shape index (κ2) is 5.11. The van der Waals surface area contributed by atoms with Crippen LogP contribution in [-0.4, -0.2) is 14.5 Å². The summed E-state index contributed by atoms with van der Waals surface area (Å²) in [6, 6.07) is 22.6. The van der Waals surface area contributed by atoms with Gasteiger partial charge in [0.1, 0.15) is 11.3 Å². The van der Waals surface area contributed by atoms with Gasteiger partial charge in [0, 0.05) is 17.4 Å². The van der Waals surface area contributed by atoms with Crippen molar-refractivity contribution in [2.45, 2.75) is 6.92 Å². The van der Waals surface area contributed by atoms with E-state index in [4.69, 9.17) is 4.98 Å². The number of aryl methyl sites for hydroxylation is 1. The van der Waals surface area contributed by atoms with E-state index in [0.29, 0.717) is 0 Å². The summed E-state index contributed by atoms with van der Waals surface area (Å²) >= 11 is 0. The average Bonchev–Trinajstić information content (AvgIpc) is 2.96. The molecule has 4 rings (SSSR count). The molecule has 0 fully saturated rings. The van der Waals surface area contributed by atoms with Crippen molar-refractivity contribution in [3.05, 3.63) is 78.5 Å². The lowest BCUT2D eigenvalue weighted by molar-refractivity contribution is 1.08. The van der Waals surface area contributed by atoms with Gasteiger partial charge in [-0.25, -0.2) is 9.97 Å². The number of hydrogen-bond donors (Lipinski definition) is 0. The highest BCUT2D eigenvalue weighted by Crippen LogP contribution is 2.27. The lowest BCUT2D eigenvalue weighted by Gasteiger charge is -2.09. The van der Waals surface area contributed by atoms with E-state index < -0.39 is 0 Å². The Morgan fingerprint density at radius 2 is 1.59 bits per heavy atom. The maximum atomic E-state index is 4.78. The topological polar surface area (TPSA) is 30.7 Å². The highest BCUT2D eigenvalue weighted by atomic mass is 15.1. The zero-order valence-electron chi connectivity index (χ0n) is 12.3. The highest BCUT2D eigenvalue weighted by Gasteiger charge is 2.14. The summed E-state index contributed by atoms with van der Waals surface area (Å²) in [5.74, 6) is 0.915. The standard InChI is InChI=1S/C19H15N3/c1-14-9-11-16(12-10-14)22-18(15-6-3-2-4-7-15)21-17-8-5-13-20-19(17)22/h2-13H,1H3. The van der Waals surface area contributed by atoms with Gasteiger partial charge in [-0.15, -0.1) is 0 Å². The molecular weight excluding hydrogens is 270 g/mol. The summed E-state index contributed by atoms with van der Waals surface area (Å²) in [7, 11) is 0. The molecule has 2 aromatic heterocycles. The fraction of sp³-hybridized carbons (Fsp3) is 0.0526. The molecule has 3 nitrogen and oxygen atoms in total. The van der Waals surface area contributed by atoms with Crippen LogP contribution >= 0.6 is 0 Å². The van der Waals surface area contributed by atoms with Crippen molar-refractivity contribution in [2.75, 3.05) is 0 Å². The first-order valence-corrected chi connectivity index (χ1v) is 7.29. The molecule has 0 saturated heterocycles. The van der Waals surface area contributed by atoms with Crippen LogP contribution in [0.25, 0.3) is 28.2 Å². The Bertz CT molecular complexity index is 922. The van der Waals surface area contributed by atoms with Gasteiger partial charge in [-0.05, 0) is 31.2 Å². The number of pyridine rings is 1. The van der Waals surface area contributed by atoms with E-state index in [9.17, 15) is 0 Å². The molecule has 2 aromatic carbocycles. The first-order valence-electron chi connectivity index (χ1n) is 7.29. The Hall–Kier alpha value is -2.94. The Morgan fingerprint density at radius 3 is 2.36 bits per heavy atom. The molecule has 0 N–H and O–H groups in total. The normalized spacial score (nSPS) is 11.0. The first-order chi connectivity index (χ1) is 10.8. The van der Waals surface area contributed by atoms with Crippen LogP contribution in [0.5, 0.6) is 0 Å². The number of aromatic nitrogens is 3. The van der Waals surface area contributed by atoms with Crippen molar-refractivity contribution in [2.24, 2.45) is 0 Å². The third-order valence-corrected chi connectivity index (χ3v) is 3.74. The van der Waals surface area contributed by atoms with Crippen LogP contribution in [-0.2, 0) is 0 Å². The monoisotopic (exact) mass is 285 g/mol. The van der Waals surface area contributed by atoms with Gasteiger partial charge in [0.15, 0.2) is 5.65 Å². The van der Waals surface area contributed by atoms with Crippen LogP contribution in [0.3, 0.4) is 0 Å². The fourth-order valence-electron chi connectivity index (χ4n) is 2.63. The second-order valence-corrected chi connectivity index (χ2v) is 5.32. The summed E-state index contributed by atoms with van der Waals surface area (Å²) in [5.41, 5.74) is 5.18. The molecule has 0 bridgehead atoms. The Kier molecular flexibility index (Phi) is 2.97. The third kappa shape index (κ3) is 2.07. The van der Waals surface area contributed by atoms with Crippen molar-refractivity contribution < 1.29 is 0 Å². The van der Waals surface area contributed by atoms with Crippen LogP contribution in [0.2, 0.25) is 0 Å². The number of nitrogens with zero attached hydrogens (tertiary/aromatic N) is 3. The molecule has 0 radical (unpaired) electrons. The van der Waals surface area contributed by atoms with E-state index >= 15 is 0 Å². The van der Waals surface area contributed by atoms with Crippen LogP contribution in [0.4, 0.5) is 0 Å². The Balaban J connectivity index is 2.04. The van der Waals surface area contributed by atoms with E-state index in [1.54, 1.807) is 0 Å². The average molecular weight is 285 g/mol. The maximum absolute atomic E-state index is 4.78. The zero-order valence-corrected chi connectivity index (χ0v) is 12.3. The predicted octanol–water partition coefficient (Wildman–Crippen LogP) is 4.40. The largest absolute Gasteiger partial charge is 0.277 e. The molecule has 0 amide bonds. The number of rotatable bonds is 2. The molecule has 22 heavy (non-hydrogen) atoms. The number of hydrogen-bond acceptors (Lipinski definition) is 2. The number of imidazole rings is 1. The van der Waals surface area contributed by atoms with Gasteiger partial charge >= 0.3 is 0 Å². The molecule has 0 atom stereocenters. The van der Waals surface area contributed by atoms with Gasteiger partial charge in [0.25, 0.3) is 0 Å². The minimum Gasteiger partial charge on any atom is -0.277 e. The van der Waals surface area contributed by atoms with Gasteiger partial charge in [0.2, 0.25) is 0 Å². The molecule has 0 aliphatic rings. The SMILES string of the molecule is Cc1ccc(-n2c(-c3ccccc3)nc3cccnc32)cc1. The van der Waals surface area contributed by atoms with E-state index in [0.717, 1.165) is 28.2 Å². The van der Waals surface area contributed by atoms with Crippen molar-refractivity contribution >= 4 is 11.2 Å². The van der Waals surface area contributed by atoms with Gasteiger partial charge in [-0.3, -0.25) is 4.57 Å². The van der Waals surface area contributed by atoms with Crippen molar-refractivity contribution in [3.63, 3.8) is 0 Å². The molecule has 0 unspecified atom stereocenters. The zero-order chi connectivity index (χ0) is 14.9. The fourth-order valence-corrected chi connectivity index (χ4v) is 2.63. The van der Waals surface area contributed by atoms with Crippen molar-refractivity contribution in [1.82, 2.24) is 14.5 Å². The summed E-state index contributed by atoms with van der Waals surface area (Å²) < 4.78 is 2.12. The molecule has 0 saturated carbocycles. The summed E-state index contributed by atoms with van der Waals surface area (Å²) in [6.45, 7) is 2.09. The first kappa shape index (κ1) is 12.8. The van der Waals surface area contributed by atoms with Gasteiger partial charge in [-0.1, -0.05) is 48.0 Å². The maximum Gasteiger partial charge on any atom is 0.164 e. The predicted molar refractivity (Wildman–Crippen MR) is 89.0 cm³/mol. The molecule has 3 heteroatoms. The summed E-state index contributed by atoms with van der Waals surface area (Å²) in [4.78, 5) is 9.31. The molecule has 2 heterocycles. The van der Waals surface area contributed by atoms with Crippen molar-refractivity contribution in [3.8, 4) is 17.1 Å². The third-order valence-electron chi connectivity index (χ3n) is 3.74. The minimum absolute atomic E-state index is 0.880. The minimum atomic E-state index is 0.880. The lowest BCUT2D eigenvalue weighted by Crippen LogP contribution is -1.98. The van der Waals surface area contributed by atoms with Gasteiger partial charge < -0.3 is 0 Å². The summed E-state index contributed by atoms with van der Waals surface area (Å²) in [5, 5.41) is 0. The van der Waals surface area contributed by atoms with Gasteiger partial charge in [0.05, 0.1) is 0 Å². The summed E-state index contributed by atoms with van der Waals surface area (Å²) in [6.07, 6.45) is 1.81. The quantitative estimate of drug-likeness (QED) is 0.546. The van der Waals surface area contributed by atoms with Crippen molar-refractivity contribution in [1.29, 1.82) is 0 Å². The van der Waals surface area contributed by atoms with Gasteiger partial charge in [-0.2, -0.15) is 0 Å². The molecule has 0 aliphatic heterocycles. The van der Waals surface area contributed by atoms with Crippen LogP contribution in [0, 0.1) is 6.92 Å². The van der Waals surface area contributed by atoms with Crippen LogP contribution in [0.15, 0.2) is 72.9 Å². The molecule has 4 aromatic rings. The van der Waals surface area contributed by atoms with E-state index in [1.165, 1.54) is 5.56 Å². The van der Waals surface area contributed by atoms with Crippen LogP contribution in [0.1, 0.15) is 5.56 Å². The number of fused-ring (bicyclic) bond motifs is 1. The molecular formula is C19H15N3.